The van der Waals surface area contributed by atoms with Crippen LogP contribution in [0.15, 0.2) is 60.7 Å². The summed E-state index contributed by atoms with van der Waals surface area (Å²) in [6, 6.07) is 19.8. The van der Waals surface area contributed by atoms with Gasteiger partial charge in [0.15, 0.2) is 0 Å². The second-order valence-corrected chi connectivity index (χ2v) is 7.33. The Hall–Kier alpha value is -3.34. The predicted octanol–water partition coefficient (Wildman–Crippen LogP) is 3.87. The number of nitrogens with zero attached hydrogens (tertiary/aromatic N) is 1. The maximum Gasteiger partial charge on any atom is 0.251 e. The van der Waals surface area contributed by atoms with E-state index in [2.05, 4.69) is 17.4 Å². The van der Waals surface area contributed by atoms with Crippen molar-refractivity contribution in [2.24, 2.45) is 0 Å². The van der Waals surface area contributed by atoms with Crippen LogP contribution in [0.4, 0.5) is 0 Å². The summed E-state index contributed by atoms with van der Waals surface area (Å²) in [6.07, 6.45) is 1.38. The number of amides is 2. The number of likely N-dealkylation sites (N-methyl/N-ethyl adjacent to an activating group) is 1. The molecule has 5 heteroatoms. The van der Waals surface area contributed by atoms with E-state index in [-0.39, 0.29) is 17.9 Å². The average Bonchev–Trinajstić information content (AvgIpc) is 3.08. The predicted molar refractivity (Wildman–Crippen MR) is 114 cm³/mol. The van der Waals surface area contributed by atoms with Crippen LogP contribution < -0.4 is 10.1 Å². The SMILES string of the molecule is CNC(=O)c1cccc(-c2c(OCC3CCC(=O)N3C)ccc3ccccc23)c1. The molecule has 0 bridgehead atoms. The van der Waals surface area contributed by atoms with Crippen molar-refractivity contribution in [3.8, 4) is 16.9 Å². The number of rotatable bonds is 5. The van der Waals surface area contributed by atoms with Crippen molar-refractivity contribution < 1.29 is 14.3 Å². The van der Waals surface area contributed by atoms with Gasteiger partial charge in [-0.1, -0.05) is 42.5 Å². The van der Waals surface area contributed by atoms with Gasteiger partial charge in [-0.25, -0.2) is 0 Å². The normalized spacial score (nSPS) is 16.3. The summed E-state index contributed by atoms with van der Waals surface area (Å²) in [6.45, 7) is 0.447. The highest BCUT2D eigenvalue weighted by Crippen LogP contribution is 2.38. The molecule has 5 nitrogen and oxygen atoms in total. The van der Waals surface area contributed by atoms with E-state index in [1.165, 1.54) is 0 Å². The number of fused-ring (bicyclic) bond motifs is 1. The molecule has 0 aliphatic carbocycles. The maximum atomic E-state index is 12.1. The van der Waals surface area contributed by atoms with Crippen LogP contribution in [-0.2, 0) is 4.79 Å². The molecule has 1 saturated heterocycles. The molecule has 1 unspecified atom stereocenters. The summed E-state index contributed by atoms with van der Waals surface area (Å²) in [5, 5.41) is 4.85. The van der Waals surface area contributed by atoms with E-state index in [9.17, 15) is 9.59 Å². The first-order valence-corrected chi connectivity index (χ1v) is 9.81. The van der Waals surface area contributed by atoms with Crippen molar-refractivity contribution in [1.82, 2.24) is 10.2 Å². The minimum absolute atomic E-state index is 0.0824. The number of likely N-dealkylation sites (tertiary alicyclic amines) is 1. The van der Waals surface area contributed by atoms with Gasteiger partial charge in [-0.15, -0.1) is 0 Å². The fourth-order valence-corrected chi connectivity index (χ4v) is 3.87. The van der Waals surface area contributed by atoms with Crippen molar-refractivity contribution in [3.05, 3.63) is 66.2 Å². The quantitative estimate of drug-likeness (QED) is 0.722. The van der Waals surface area contributed by atoms with Gasteiger partial charge in [-0.3, -0.25) is 9.59 Å². The number of nitrogens with one attached hydrogen (secondary N) is 1. The van der Waals surface area contributed by atoms with Gasteiger partial charge in [0, 0.05) is 31.6 Å². The fourth-order valence-electron chi connectivity index (χ4n) is 3.87. The van der Waals surface area contributed by atoms with Gasteiger partial charge in [-0.2, -0.15) is 0 Å². The Balaban J connectivity index is 1.76. The lowest BCUT2D eigenvalue weighted by atomic mass is 9.96. The molecule has 148 valence electrons. The van der Waals surface area contributed by atoms with E-state index in [4.69, 9.17) is 4.74 Å². The van der Waals surface area contributed by atoms with Crippen molar-refractivity contribution in [2.45, 2.75) is 18.9 Å². The van der Waals surface area contributed by atoms with Gasteiger partial charge in [0.05, 0.1) is 6.04 Å². The molecule has 1 fully saturated rings. The van der Waals surface area contributed by atoms with Gasteiger partial charge >= 0.3 is 0 Å². The van der Waals surface area contributed by atoms with Crippen molar-refractivity contribution in [3.63, 3.8) is 0 Å². The molecule has 1 atom stereocenters. The van der Waals surface area contributed by atoms with Gasteiger partial charge in [-0.05, 0) is 41.0 Å². The summed E-state index contributed by atoms with van der Waals surface area (Å²) in [5.41, 5.74) is 2.49. The zero-order chi connectivity index (χ0) is 20.4. The highest BCUT2D eigenvalue weighted by atomic mass is 16.5. The lowest BCUT2D eigenvalue weighted by Crippen LogP contribution is -2.33. The molecule has 1 N–H and O–H groups in total. The second kappa shape index (κ2) is 7.95. The van der Waals surface area contributed by atoms with Crippen LogP contribution >= 0.6 is 0 Å². The molecule has 2 amide bonds. The molecule has 1 aliphatic rings. The van der Waals surface area contributed by atoms with Crippen molar-refractivity contribution in [2.75, 3.05) is 20.7 Å². The molecular weight excluding hydrogens is 364 g/mol. The van der Waals surface area contributed by atoms with Crippen LogP contribution in [0.2, 0.25) is 0 Å². The Bertz CT molecular complexity index is 1080. The number of hydrogen-bond donors (Lipinski definition) is 1. The third kappa shape index (κ3) is 3.68. The molecular formula is C24H24N2O3. The zero-order valence-corrected chi connectivity index (χ0v) is 16.6. The third-order valence-corrected chi connectivity index (χ3v) is 5.60. The molecule has 1 aliphatic heterocycles. The number of benzene rings is 3. The fraction of sp³-hybridized carbons (Fsp3) is 0.250. The molecule has 1 heterocycles. The second-order valence-electron chi connectivity index (χ2n) is 7.33. The monoisotopic (exact) mass is 388 g/mol. The minimum Gasteiger partial charge on any atom is -0.491 e. The molecule has 3 aromatic rings. The van der Waals surface area contributed by atoms with Crippen molar-refractivity contribution >= 4 is 22.6 Å². The first-order valence-electron chi connectivity index (χ1n) is 9.81. The van der Waals surface area contributed by atoms with Crippen LogP contribution in [0.25, 0.3) is 21.9 Å². The topological polar surface area (TPSA) is 58.6 Å². The number of carbonyl (C=O) groups excluding carboxylic acids is 2. The Labute approximate surface area is 170 Å². The van der Waals surface area contributed by atoms with E-state index < -0.39 is 0 Å². The van der Waals surface area contributed by atoms with E-state index >= 15 is 0 Å². The zero-order valence-electron chi connectivity index (χ0n) is 16.6. The van der Waals surface area contributed by atoms with E-state index in [0.717, 1.165) is 34.1 Å². The first kappa shape index (κ1) is 19.0. The first-order chi connectivity index (χ1) is 14.1. The number of hydrogen-bond acceptors (Lipinski definition) is 3. The highest BCUT2D eigenvalue weighted by molar-refractivity contribution is 6.02. The van der Waals surface area contributed by atoms with E-state index in [1.807, 2.05) is 49.5 Å². The van der Waals surface area contributed by atoms with Gasteiger partial charge in [0.25, 0.3) is 5.91 Å². The van der Waals surface area contributed by atoms with Crippen LogP contribution in [0, 0.1) is 0 Å². The lowest BCUT2D eigenvalue weighted by molar-refractivity contribution is -0.127. The average molecular weight is 388 g/mol. The molecule has 3 aromatic carbocycles. The molecule has 29 heavy (non-hydrogen) atoms. The summed E-state index contributed by atoms with van der Waals surface area (Å²) >= 11 is 0. The minimum atomic E-state index is -0.124. The smallest absolute Gasteiger partial charge is 0.251 e. The molecule has 0 radical (unpaired) electrons. The molecule has 0 saturated carbocycles. The Kier molecular flexibility index (Phi) is 5.21. The molecule has 4 rings (SSSR count). The van der Waals surface area contributed by atoms with Gasteiger partial charge < -0.3 is 15.0 Å². The van der Waals surface area contributed by atoms with Gasteiger partial charge in [0.1, 0.15) is 12.4 Å². The summed E-state index contributed by atoms with van der Waals surface area (Å²) in [4.78, 5) is 25.7. The largest absolute Gasteiger partial charge is 0.491 e. The summed E-state index contributed by atoms with van der Waals surface area (Å²) in [7, 11) is 3.46. The molecule has 0 spiro atoms. The standard InChI is InChI=1S/C24H24N2O3/c1-25-24(28)18-8-5-7-17(14-18)23-20-9-4-3-6-16(20)10-12-21(23)29-15-19-11-13-22(27)26(19)2/h3-10,12,14,19H,11,13,15H2,1-2H3,(H,25,28). The molecule has 0 aromatic heterocycles. The van der Waals surface area contributed by atoms with Crippen LogP contribution in [0.5, 0.6) is 5.75 Å². The Morgan fingerprint density at radius 2 is 1.97 bits per heavy atom. The van der Waals surface area contributed by atoms with Crippen LogP contribution in [-0.4, -0.2) is 43.5 Å². The number of ether oxygens (including phenoxy) is 1. The van der Waals surface area contributed by atoms with E-state index in [0.29, 0.717) is 18.6 Å². The summed E-state index contributed by atoms with van der Waals surface area (Å²) in [5.74, 6) is 0.793. The van der Waals surface area contributed by atoms with Gasteiger partial charge in [0.2, 0.25) is 5.91 Å². The van der Waals surface area contributed by atoms with E-state index in [1.54, 1.807) is 18.0 Å². The van der Waals surface area contributed by atoms with Crippen LogP contribution in [0.3, 0.4) is 0 Å². The summed E-state index contributed by atoms with van der Waals surface area (Å²) < 4.78 is 6.23. The Morgan fingerprint density at radius 1 is 1.14 bits per heavy atom. The van der Waals surface area contributed by atoms with Crippen LogP contribution in [0.1, 0.15) is 23.2 Å². The van der Waals surface area contributed by atoms with Crippen molar-refractivity contribution in [1.29, 1.82) is 0 Å². The number of carbonyl (C=O) groups is 2. The Morgan fingerprint density at radius 3 is 2.72 bits per heavy atom. The third-order valence-electron chi connectivity index (χ3n) is 5.60. The lowest BCUT2D eigenvalue weighted by Gasteiger charge is -2.22. The maximum absolute atomic E-state index is 12.1. The highest BCUT2D eigenvalue weighted by Gasteiger charge is 2.28.